The molecule has 23 heavy (non-hydrogen) atoms. The number of hydrogen-bond donors (Lipinski definition) is 2. The molecule has 3 rings (SSSR count). The van der Waals surface area contributed by atoms with Crippen molar-refractivity contribution in [2.75, 3.05) is 26.2 Å². The molecule has 1 aliphatic heterocycles. The summed E-state index contributed by atoms with van der Waals surface area (Å²) in [5.41, 5.74) is 1.03. The van der Waals surface area contributed by atoms with Gasteiger partial charge in [0, 0.05) is 11.6 Å². The minimum atomic E-state index is -0.174. The molecular formula is C18H27FN3O+. The van der Waals surface area contributed by atoms with Crippen LogP contribution < -0.4 is 10.2 Å². The number of carbonyl (C=O) groups is 1. The first kappa shape index (κ1) is 16.2. The van der Waals surface area contributed by atoms with Crippen LogP contribution in [-0.2, 0) is 6.54 Å². The third-order valence-electron chi connectivity index (χ3n) is 5.03. The number of piperazine rings is 1. The lowest BCUT2D eigenvalue weighted by Crippen LogP contribution is -3.13. The van der Waals surface area contributed by atoms with Crippen LogP contribution in [0.1, 0.15) is 37.7 Å². The molecule has 1 aromatic carbocycles. The molecule has 0 bridgehead atoms. The van der Waals surface area contributed by atoms with Crippen LogP contribution in [-0.4, -0.2) is 43.2 Å². The number of rotatable bonds is 3. The van der Waals surface area contributed by atoms with Gasteiger partial charge in [0.05, 0.1) is 26.2 Å². The molecule has 1 saturated heterocycles. The molecule has 126 valence electrons. The number of urea groups is 1. The molecule has 5 heteroatoms. The van der Waals surface area contributed by atoms with E-state index in [1.807, 2.05) is 11.0 Å². The van der Waals surface area contributed by atoms with Crippen LogP contribution in [0.4, 0.5) is 9.18 Å². The van der Waals surface area contributed by atoms with Crippen LogP contribution in [0, 0.1) is 5.82 Å². The first-order valence-electron chi connectivity index (χ1n) is 8.84. The van der Waals surface area contributed by atoms with E-state index < -0.39 is 0 Å². The van der Waals surface area contributed by atoms with Crippen LogP contribution in [0.15, 0.2) is 24.3 Å². The van der Waals surface area contributed by atoms with E-state index >= 15 is 0 Å². The van der Waals surface area contributed by atoms with Gasteiger partial charge in [-0.15, -0.1) is 0 Å². The van der Waals surface area contributed by atoms with Gasteiger partial charge in [-0.05, 0) is 25.0 Å². The monoisotopic (exact) mass is 320 g/mol. The molecule has 2 aliphatic rings. The maximum Gasteiger partial charge on any atom is 0.318 e. The fourth-order valence-corrected chi connectivity index (χ4v) is 3.65. The lowest BCUT2D eigenvalue weighted by molar-refractivity contribution is -0.917. The Balaban J connectivity index is 1.43. The van der Waals surface area contributed by atoms with Crippen molar-refractivity contribution in [2.24, 2.45) is 0 Å². The van der Waals surface area contributed by atoms with E-state index in [2.05, 4.69) is 5.32 Å². The zero-order valence-electron chi connectivity index (χ0n) is 13.7. The van der Waals surface area contributed by atoms with E-state index in [4.69, 9.17) is 0 Å². The highest BCUT2D eigenvalue weighted by molar-refractivity contribution is 5.74. The molecule has 0 unspecified atom stereocenters. The number of benzene rings is 1. The van der Waals surface area contributed by atoms with E-state index in [-0.39, 0.29) is 11.8 Å². The minimum Gasteiger partial charge on any atom is -0.335 e. The van der Waals surface area contributed by atoms with E-state index in [0.717, 1.165) is 51.1 Å². The van der Waals surface area contributed by atoms with E-state index in [9.17, 15) is 9.18 Å². The smallest absolute Gasteiger partial charge is 0.318 e. The Morgan fingerprint density at radius 2 is 1.96 bits per heavy atom. The van der Waals surface area contributed by atoms with Crippen molar-refractivity contribution < 1.29 is 14.1 Å². The zero-order valence-corrected chi connectivity index (χ0v) is 13.7. The normalized spacial score (nSPS) is 20.5. The Bertz CT molecular complexity index is 523. The van der Waals surface area contributed by atoms with Gasteiger partial charge in [-0.3, -0.25) is 0 Å². The summed E-state index contributed by atoms with van der Waals surface area (Å²) < 4.78 is 13.2. The molecule has 0 aromatic heterocycles. The summed E-state index contributed by atoms with van der Waals surface area (Å²) >= 11 is 0. The predicted octanol–water partition coefficient (Wildman–Crippen LogP) is 1.57. The number of nitrogens with zero attached hydrogens (tertiary/aromatic N) is 1. The summed E-state index contributed by atoms with van der Waals surface area (Å²) in [6.45, 7) is 4.24. The Morgan fingerprint density at radius 3 is 2.65 bits per heavy atom. The molecule has 1 aromatic rings. The van der Waals surface area contributed by atoms with Crippen LogP contribution in [0.3, 0.4) is 0 Å². The van der Waals surface area contributed by atoms with E-state index in [0.29, 0.717) is 6.04 Å². The summed E-state index contributed by atoms with van der Waals surface area (Å²) in [6.07, 6.45) is 6.01. The van der Waals surface area contributed by atoms with Gasteiger partial charge < -0.3 is 15.1 Å². The van der Waals surface area contributed by atoms with Crippen molar-refractivity contribution in [3.05, 3.63) is 35.6 Å². The second-order valence-electron chi connectivity index (χ2n) is 6.83. The van der Waals surface area contributed by atoms with Crippen LogP contribution in [0.2, 0.25) is 0 Å². The van der Waals surface area contributed by atoms with Gasteiger partial charge in [0.1, 0.15) is 12.4 Å². The van der Waals surface area contributed by atoms with E-state index in [1.54, 1.807) is 12.1 Å². The second-order valence-corrected chi connectivity index (χ2v) is 6.83. The van der Waals surface area contributed by atoms with Crippen molar-refractivity contribution in [1.29, 1.82) is 0 Å². The summed E-state index contributed by atoms with van der Waals surface area (Å²) in [6, 6.07) is 7.29. The first-order valence-corrected chi connectivity index (χ1v) is 8.84. The number of hydrogen-bond acceptors (Lipinski definition) is 1. The fraction of sp³-hybridized carbons (Fsp3) is 0.611. The molecule has 1 saturated carbocycles. The van der Waals surface area contributed by atoms with Crippen molar-refractivity contribution in [3.8, 4) is 0 Å². The topological polar surface area (TPSA) is 36.8 Å². The molecule has 0 radical (unpaired) electrons. The second kappa shape index (κ2) is 7.77. The van der Waals surface area contributed by atoms with Gasteiger partial charge in [-0.1, -0.05) is 31.4 Å². The molecule has 4 nitrogen and oxygen atoms in total. The maximum absolute atomic E-state index is 13.2. The lowest BCUT2D eigenvalue weighted by Gasteiger charge is -2.34. The molecular weight excluding hydrogens is 293 g/mol. The van der Waals surface area contributed by atoms with E-state index in [1.165, 1.54) is 30.2 Å². The van der Waals surface area contributed by atoms with Crippen LogP contribution >= 0.6 is 0 Å². The fourth-order valence-electron chi connectivity index (χ4n) is 3.65. The van der Waals surface area contributed by atoms with Crippen molar-refractivity contribution >= 4 is 6.03 Å². The molecule has 1 aliphatic carbocycles. The average molecular weight is 320 g/mol. The Labute approximate surface area is 137 Å². The molecule has 0 spiro atoms. The van der Waals surface area contributed by atoms with Gasteiger partial charge in [-0.2, -0.15) is 0 Å². The van der Waals surface area contributed by atoms with Crippen LogP contribution in [0.25, 0.3) is 0 Å². The quantitative estimate of drug-likeness (QED) is 0.871. The SMILES string of the molecule is O=C(NC1CCCCC1)N1CC[NH+](Cc2cccc(F)c2)CC1. The Morgan fingerprint density at radius 1 is 1.22 bits per heavy atom. The zero-order chi connectivity index (χ0) is 16.1. The number of halogens is 1. The number of amides is 2. The predicted molar refractivity (Wildman–Crippen MR) is 87.8 cm³/mol. The molecule has 1 heterocycles. The third-order valence-corrected chi connectivity index (χ3v) is 5.03. The molecule has 2 N–H and O–H groups in total. The largest absolute Gasteiger partial charge is 0.335 e. The summed E-state index contributed by atoms with van der Waals surface area (Å²) in [4.78, 5) is 15.7. The van der Waals surface area contributed by atoms with Crippen molar-refractivity contribution in [1.82, 2.24) is 10.2 Å². The highest BCUT2D eigenvalue weighted by atomic mass is 19.1. The Hall–Kier alpha value is -1.62. The summed E-state index contributed by atoms with van der Waals surface area (Å²) in [5, 5.41) is 3.19. The number of quaternary nitrogens is 1. The van der Waals surface area contributed by atoms with Gasteiger partial charge in [-0.25, -0.2) is 9.18 Å². The first-order chi connectivity index (χ1) is 11.2. The Kier molecular flexibility index (Phi) is 5.49. The molecule has 2 amide bonds. The van der Waals surface area contributed by atoms with Gasteiger partial charge in [0.25, 0.3) is 0 Å². The van der Waals surface area contributed by atoms with Crippen molar-refractivity contribution in [3.63, 3.8) is 0 Å². The summed E-state index contributed by atoms with van der Waals surface area (Å²) in [5.74, 6) is -0.174. The average Bonchev–Trinajstić information content (AvgIpc) is 2.56. The third kappa shape index (κ3) is 4.67. The standard InChI is InChI=1S/C18H26FN3O/c19-16-6-4-5-15(13-16)14-21-9-11-22(12-10-21)18(23)20-17-7-2-1-3-8-17/h4-6,13,17H,1-3,7-12,14H2,(H,20,23)/p+1. The number of nitrogens with one attached hydrogen (secondary N) is 2. The van der Waals surface area contributed by atoms with Crippen molar-refractivity contribution in [2.45, 2.75) is 44.7 Å². The number of carbonyl (C=O) groups excluding carboxylic acids is 1. The lowest BCUT2D eigenvalue weighted by atomic mass is 9.96. The minimum absolute atomic E-state index is 0.0988. The highest BCUT2D eigenvalue weighted by Gasteiger charge is 2.25. The van der Waals surface area contributed by atoms with Gasteiger partial charge in [0.15, 0.2) is 0 Å². The maximum atomic E-state index is 13.2. The molecule has 2 fully saturated rings. The van der Waals surface area contributed by atoms with Gasteiger partial charge in [0.2, 0.25) is 0 Å². The van der Waals surface area contributed by atoms with Gasteiger partial charge >= 0.3 is 6.03 Å². The van der Waals surface area contributed by atoms with Crippen LogP contribution in [0.5, 0.6) is 0 Å². The summed E-state index contributed by atoms with van der Waals surface area (Å²) in [7, 11) is 0. The highest BCUT2D eigenvalue weighted by Crippen LogP contribution is 2.17. The molecule has 0 atom stereocenters.